The van der Waals surface area contributed by atoms with E-state index in [0.29, 0.717) is 28.0 Å². The summed E-state index contributed by atoms with van der Waals surface area (Å²) in [7, 11) is 0. The number of piperazine rings is 1. The SMILES string of the molecule is O=C=C1C=CC=C(CN2CCN(c3ccc4oc(C(=O)O)cc4c3Cl)CC2)C1. The van der Waals surface area contributed by atoms with E-state index < -0.39 is 5.97 Å². The number of carboxylic acids is 1. The van der Waals surface area contributed by atoms with Crippen molar-refractivity contribution in [2.45, 2.75) is 6.42 Å². The number of allylic oxidation sites excluding steroid dienone is 4. The molecule has 28 heavy (non-hydrogen) atoms. The summed E-state index contributed by atoms with van der Waals surface area (Å²) in [6, 6.07) is 5.12. The minimum atomic E-state index is -1.11. The fourth-order valence-electron chi connectivity index (χ4n) is 3.69. The Labute approximate surface area is 167 Å². The smallest absolute Gasteiger partial charge is 0.371 e. The van der Waals surface area contributed by atoms with Crippen LogP contribution in [0.2, 0.25) is 5.02 Å². The second-order valence-electron chi connectivity index (χ2n) is 6.98. The number of fused-ring (bicyclic) bond motifs is 1. The number of rotatable bonds is 4. The van der Waals surface area contributed by atoms with E-state index >= 15 is 0 Å². The Kier molecular flexibility index (Phi) is 5.09. The van der Waals surface area contributed by atoms with Crippen molar-refractivity contribution in [3.05, 3.63) is 58.4 Å². The van der Waals surface area contributed by atoms with Crippen LogP contribution < -0.4 is 4.90 Å². The zero-order valence-electron chi connectivity index (χ0n) is 15.2. The van der Waals surface area contributed by atoms with Gasteiger partial charge in [0.2, 0.25) is 5.76 Å². The highest BCUT2D eigenvalue weighted by molar-refractivity contribution is 6.38. The standard InChI is InChI=1S/C21H19ClN2O4/c22-20-16-11-19(21(26)27)28-18(16)5-4-17(20)24-8-6-23(7-9-24)12-14-2-1-3-15(10-14)13-25/h1-5,11H,6-10,12H2,(H,26,27). The molecule has 0 spiro atoms. The van der Waals surface area contributed by atoms with Crippen molar-refractivity contribution in [3.8, 4) is 0 Å². The maximum Gasteiger partial charge on any atom is 0.371 e. The molecule has 0 atom stereocenters. The van der Waals surface area contributed by atoms with E-state index in [-0.39, 0.29) is 5.76 Å². The summed E-state index contributed by atoms with van der Waals surface area (Å²) in [5.74, 6) is 0.760. The molecule has 1 N–H and O–H groups in total. The molecule has 2 heterocycles. The molecule has 6 nitrogen and oxygen atoms in total. The third kappa shape index (κ3) is 3.62. The second-order valence-corrected chi connectivity index (χ2v) is 7.36. The maximum atomic E-state index is 11.1. The van der Waals surface area contributed by atoms with Gasteiger partial charge in [0.25, 0.3) is 0 Å². The highest BCUT2D eigenvalue weighted by Crippen LogP contribution is 2.36. The van der Waals surface area contributed by atoms with E-state index in [1.54, 1.807) is 12.1 Å². The fourth-order valence-corrected chi connectivity index (χ4v) is 4.02. The zero-order valence-corrected chi connectivity index (χ0v) is 15.9. The Bertz CT molecular complexity index is 1040. The minimum absolute atomic E-state index is 0.114. The molecule has 1 fully saturated rings. The Morgan fingerprint density at radius 2 is 2.04 bits per heavy atom. The molecule has 2 aliphatic rings. The Balaban J connectivity index is 1.44. The molecule has 4 rings (SSSR count). The third-order valence-electron chi connectivity index (χ3n) is 5.14. The topological polar surface area (TPSA) is 74.0 Å². The molecule has 0 bridgehead atoms. The van der Waals surface area contributed by atoms with Crippen LogP contribution in [0, 0.1) is 0 Å². The van der Waals surface area contributed by atoms with Gasteiger partial charge in [-0.3, -0.25) is 4.90 Å². The van der Waals surface area contributed by atoms with Gasteiger partial charge in [-0.2, -0.15) is 0 Å². The molecular formula is C21H19ClN2O4. The van der Waals surface area contributed by atoms with Gasteiger partial charge in [0, 0.05) is 56.2 Å². The first kappa shape index (κ1) is 18.6. The average Bonchev–Trinajstić information content (AvgIpc) is 3.15. The number of aromatic carboxylic acids is 1. The second kappa shape index (κ2) is 7.68. The van der Waals surface area contributed by atoms with Crippen LogP contribution in [0.15, 0.2) is 52.0 Å². The van der Waals surface area contributed by atoms with Crippen LogP contribution in [0.3, 0.4) is 0 Å². The predicted molar refractivity (Wildman–Crippen MR) is 108 cm³/mol. The lowest BCUT2D eigenvalue weighted by molar-refractivity contribution is 0.0665. The molecule has 1 saturated heterocycles. The van der Waals surface area contributed by atoms with Gasteiger partial charge in [0.15, 0.2) is 0 Å². The maximum absolute atomic E-state index is 11.1. The van der Waals surface area contributed by atoms with E-state index in [0.717, 1.165) is 38.4 Å². The van der Waals surface area contributed by atoms with Crippen molar-refractivity contribution >= 4 is 40.2 Å². The highest BCUT2D eigenvalue weighted by atomic mass is 35.5. The van der Waals surface area contributed by atoms with Gasteiger partial charge >= 0.3 is 5.97 Å². The average molecular weight is 399 g/mol. The van der Waals surface area contributed by atoms with Crippen LogP contribution in [0.5, 0.6) is 0 Å². The molecule has 2 aromatic rings. The summed E-state index contributed by atoms with van der Waals surface area (Å²) in [5, 5.41) is 10.2. The molecular weight excluding hydrogens is 380 g/mol. The number of carbonyl (C=O) groups excluding carboxylic acids is 1. The summed E-state index contributed by atoms with van der Waals surface area (Å²) in [5.41, 5.74) is 3.27. The lowest BCUT2D eigenvalue weighted by Gasteiger charge is -2.37. The van der Waals surface area contributed by atoms with E-state index in [9.17, 15) is 9.59 Å². The minimum Gasteiger partial charge on any atom is -0.475 e. The number of anilines is 1. The Morgan fingerprint density at radius 1 is 1.25 bits per heavy atom. The predicted octanol–water partition coefficient (Wildman–Crippen LogP) is 3.55. The number of carboxylic acid groups (broad SMARTS) is 1. The van der Waals surface area contributed by atoms with Crippen LogP contribution in [0.1, 0.15) is 17.0 Å². The van der Waals surface area contributed by atoms with Crippen molar-refractivity contribution in [2.24, 2.45) is 0 Å². The van der Waals surface area contributed by atoms with Gasteiger partial charge in [0.1, 0.15) is 11.5 Å². The number of hydrogen-bond donors (Lipinski definition) is 1. The van der Waals surface area contributed by atoms with Crippen LogP contribution >= 0.6 is 11.6 Å². The summed E-state index contributed by atoms with van der Waals surface area (Å²) >= 11 is 6.55. The fraction of sp³-hybridized carbons (Fsp3) is 0.286. The van der Waals surface area contributed by atoms with Crippen molar-refractivity contribution in [1.29, 1.82) is 0 Å². The summed E-state index contributed by atoms with van der Waals surface area (Å²) in [6.45, 7) is 4.21. The van der Waals surface area contributed by atoms with Crippen molar-refractivity contribution in [3.63, 3.8) is 0 Å². The number of benzene rings is 1. The molecule has 0 unspecified atom stereocenters. The van der Waals surface area contributed by atoms with Crippen LogP contribution in [0.4, 0.5) is 5.69 Å². The molecule has 144 valence electrons. The number of hydrogen-bond acceptors (Lipinski definition) is 5. The number of furan rings is 1. The molecule has 0 amide bonds. The molecule has 7 heteroatoms. The monoisotopic (exact) mass is 398 g/mol. The summed E-state index contributed by atoms with van der Waals surface area (Å²) < 4.78 is 5.32. The molecule has 1 aliphatic carbocycles. The number of halogens is 1. The van der Waals surface area contributed by atoms with Gasteiger partial charge < -0.3 is 14.4 Å². The van der Waals surface area contributed by atoms with E-state index in [1.807, 2.05) is 18.1 Å². The van der Waals surface area contributed by atoms with Crippen LogP contribution in [-0.2, 0) is 4.79 Å². The molecule has 1 aromatic heterocycles. The first-order chi connectivity index (χ1) is 13.5. The first-order valence-electron chi connectivity index (χ1n) is 9.08. The largest absolute Gasteiger partial charge is 0.475 e. The van der Waals surface area contributed by atoms with Gasteiger partial charge in [-0.15, -0.1) is 0 Å². The van der Waals surface area contributed by atoms with E-state index in [4.69, 9.17) is 21.1 Å². The van der Waals surface area contributed by atoms with Crippen LogP contribution in [-0.4, -0.2) is 54.6 Å². The molecule has 0 radical (unpaired) electrons. The van der Waals surface area contributed by atoms with Gasteiger partial charge in [-0.05, 0) is 18.2 Å². The Hall–Kier alpha value is -2.79. The van der Waals surface area contributed by atoms with E-state index in [2.05, 4.69) is 15.9 Å². The van der Waals surface area contributed by atoms with Gasteiger partial charge in [-0.1, -0.05) is 29.3 Å². The van der Waals surface area contributed by atoms with Crippen molar-refractivity contribution in [1.82, 2.24) is 4.90 Å². The third-order valence-corrected chi connectivity index (χ3v) is 5.54. The summed E-state index contributed by atoms with van der Waals surface area (Å²) in [6.07, 6.45) is 6.44. The van der Waals surface area contributed by atoms with Crippen LogP contribution in [0.25, 0.3) is 11.0 Å². The van der Waals surface area contributed by atoms with Gasteiger partial charge in [-0.25, -0.2) is 9.59 Å². The normalized spacial score (nSPS) is 17.7. The number of nitrogens with zero attached hydrogens (tertiary/aromatic N) is 2. The van der Waals surface area contributed by atoms with Crippen molar-refractivity contribution in [2.75, 3.05) is 37.6 Å². The molecule has 1 aliphatic heterocycles. The zero-order chi connectivity index (χ0) is 19.7. The first-order valence-corrected chi connectivity index (χ1v) is 9.45. The van der Waals surface area contributed by atoms with Gasteiger partial charge in [0.05, 0.1) is 10.7 Å². The molecule has 0 saturated carbocycles. The lowest BCUT2D eigenvalue weighted by Crippen LogP contribution is -2.47. The quantitative estimate of drug-likeness (QED) is 0.794. The summed E-state index contributed by atoms with van der Waals surface area (Å²) in [4.78, 5) is 26.5. The number of carbonyl (C=O) groups is 1. The molecule has 1 aromatic carbocycles. The lowest BCUT2D eigenvalue weighted by atomic mass is 10.0. The van der Waals surface area contributed by atoms with E-state index in [1.165, 1.54) is 11.6 Å². The van der Waals surface area contributed by atoms with Crippen molar-refractivity contribution < 1.29 is 19.1 Å². The highest BCUT2D eigenvalue weighted by Gasteiger charge is 2.22. The Morgan fingerprint density at radius 3 is 2.75 bits per heavy atom.